The fraction of sp³-hybridized carbons (Fsp3) is 0.320. The largest absolute Gasteiger partial charge is 0.338 e. The minimum absolute atomic E-state index is 0.191. The first-order valence-electron chi connectivity index (χ1n) is 10.5. The summed E-state index contributed by atoms with van der Waals surface area (Å²) in [5.41, 5.74) is 2.66. The molecular weight excluding hydrogens is 376 g/mol. The highest BCUT2D eigenvalue weighted by molar-refractivity contribution is 7.10. The second-order valence-electron chi connectivity index (χ2n) is 7.86. The molecule has 150 valence electrons. The van der Waals surface area contributed by atoms with Crippen molar-refractivity contribution in [1.82, 2.24) is 4.90 Å². The second-order valence-corrected chi connectivity index (χ2v) is 8.84. The molecule has 4 heteroatoms. The summed E-state index contributed by atoms with van der Waals surface area (Å²) in [4.78, 5) is 16.2. The van der Waals surface area contributed by atoms with E-state index < -0.39 is 0 Å². The minimum Gasteiger partial charge on any atom is -0.338 e. The maximum atomic E-state index is 12.9. The molecular formula is C25H29N2OS+. The standard InChI is InChI=1S/C25H28N2OS/c28-24(27-15-13-21(14-16-27)18-20-8-3-1-4-9-20)19-26-25(23-12-7-17-29-23)22-10-5-2-6-11-22/h1-12,17,21,25-26H,13-16,18-19H2/p+1/t25-/m0/s1. The van der Waals surface area contributed by atoms with Crippen LogP contribution in [0, 0.1) is 5.92 Å². The van der Waals surface area contributed by atoms with Crippen LogP contribution in [-0.2, 0) is 11.2 Å². The zero-order valence-electron chi connectivity index (χ0n) is 16.7. The van der Waals surface area contributed by atoms with Gasteiger partial charge in [0.2, 0.25) is 0 Å². The van der Waals surface area contributed by atoms with E-state index in [9.17, 15) is 4.79 Å². The SMILES string of the molecule is O=C(C[NH2+][C@@H](c1ccccc1)c1cccs1)N1CCC(Cc2ccccc2)CC1. The van der Waals surface area contributed by atoms with E-state index in [2.05, 4.69) is 82.3 Å². The fourth-order valence-electron chi connectivity index (χ4n) is 4.23. The molecule has 1 aromatic heterocycles. The molecule has 0 spiro atoms. The van der Waals surface area contributed by atoms with Gasteiger partial charge in [-0.2, -0.15) is 0 Å². The number of hydrogen-bond acceptors (Lipinski definition) is 2. The van der Waals surface area contributed by atoms with E-state index in [1.54, 1.807) is 11.3 Å². The summed E-state index contributed by atoms with van der Waals surface area (Å²) in [5, 5.41) is 4.30. The maximum Gasteiger partial charge on any atom is 0.277 e. The van der Waals surface area contributed by atoms with Gasteiger partial charge in [-0.15, -0.1) is 11.3 Å². The predicted molar refractivity (Wildman–Crippen MR) is 119 cm³/mol. The van der Waals surface area contributed by atoms with E-state index in [1.165, 1.54) is 16.0 Å². The van der Waals surface area contributed by atoms with Crippen LogP contribution in [-0.4, -0.2) is 30.4 Å². The molecule has 2 N–H and O–H groups in total. The Balaban J connectivity index is 1.30. The molecule has 29 heavy (non-hydrogen) atoms. The summed E-state index contributed by atoms with van der Waals surface area (Å²) in [6.45, 7) is 2.28. The van der Waals surface area contributed by atoms with Gasteiger partial charge in [-0.1, -0.05) is 66.7 Å². The molecule has 0 saturated carbocycles. The highest BCUT2D eigenvalue weighted by Gasteiger charge is 2.26. The lowest BCUT2D eigenvalue weighted by Crippen LogP contribution is -2.87. The molecule has 0 bridgehead atoms. The smallest absolute Gasteiger partial charge is 0.277 e. The molecule has 1 amide bonds. The average molecular weight is 406 g/mol. The molecule has 0 aliphatic carbocycles. The lowest BCUT2D eigenvalue weighted by atomic mass is 9.90. The van der Waals surface area contributed by atoms with Gasteiger partial charge in [-0.25, -0.2) is 0 Å². The van der Waals surface area contributed by atoms with E-state index in [1.807, 2.05) is 6.07 Å². The molecule has 1 atom stereocenters. The molecule has 0 unspecified atom stereocenters. The average Bonchev–Trinajstić information content (AvgIpc) is 3.30. The number of likely N-dealkylation sites (tertiary alicyclic amines) is 1. The third-order valence-electron chi connectivity index (χ3n) is 5.87. The Kier molecular flexibility index (Phi) is 6.75. The highest BCUT2D eigenvalue weighted by Crippen LogP contribution is 2.23. The number of hydrogen-bond donors (Lipinski definition) is 1. The summed E-state index contributed by atoms with van der Waals surface area (Å²) >= 11 is 1.76. The van der Waals surface area contributed by atoms with Gasteiger partial charge >= 0.3 is 0 Å². The molecule has 1 fully saturated rings. The summed E-state index contributed by atoms with van der Waals surface area (Å²) in [5.74, 6) is 0.953. The molecule has 0 radical (unpaired) electrons. The van der Waals surface area contributed by atoms with Crippen molar-refractivity contribution in [3.05, 3.63) is 94.2 Å². The van der Waals surface area contributed by atoms with Crippen LogP contribution in [0.2, 0.25) is 0 Å². The Labute approximate surface area is 177 Å². The van der Waals surface area contributed by atoms with Crippen molar-refractivity contribution in [3.8, 4) is 0 Å². The van der Waals surface area contributed by atoms with Crippen molar-refractivity contribution in [2.24, 2.45) is 5.92 Å². The number of rotatable bonds is 7. The van der Waals surface area contributed by atoms with Crippen LogP contribution < -0.4 is 5.32 Å². The van der Waals surface area contributed by atoms with Gasteiger partial charge in [0.1, 0.15) is 6.04 Å². The first-order chi connectivity index (χ1) is 14.3. The third kappa shape index (κ3) is 5.34. The van der Waals surface area contributed by atoms with Crippen molar-refractivity contribution >= 4 is 17.2 Å². The number of benzene rings is 2. The van der Waals surface area contributed by atoms with Gasteiger partial charge in [0.05, 0.1) is 4.88 Å². The van der Waals surface area contributed by atoms with Gasteiger partial charge in [-0.05, 0) is 42.2 Å². The minimum atomic E-state index is 0.191. The van der Waals surface area contributed by atoms with Crippen LogP contribution in [0.5, 0.6) is 0 Å². The van der Waals surface area contributed by atoms with Crippen molar-refractivity contribution in [2.75, 3.05) is 19.6 Å². The van der Waals surface area contributed by atoms with Crippen LogP contribution in [0.3, 0.4) is 0 Å². The molecule has 1 aliphatic heterocycles. The molecule has 3 aromatic rings. The first kappa shape index (κ1) is 19.9. The Morgan fingerprint density at radius 1 is 0.966 bits per heavy atom. The number of nitrogens with two attached hydrogens (primary N) is 1. The van der Waals surface area contributed by atoms with Crippen LogP contribution in [0.1, 0.15) is 34.9 Å². The number of nitrogens with zero attached hydrogens (tertiary/aromatic N) is 1. The van der Waals surface area contributed by atoms with E-state index in [0.717, 1.165) is 32.4 Å². The van der Waals surface area contributed by atoms with Gasteiger partial charge in [-0.3, -0.25) is 4.79 Å². The zero-order chi connectivity index (χ0) is 19.9. The number of quaternary nitrogens is 1. The monoisotopic (exact) mass is 405 g/mol. The highest BCUT2D eigenvalue weighted by atomic mass is 32.1. The number of carbonyl (C=O) groups excluding carboxylic acids is 1. The van der Waals surface area contributed by atoms with Crippen LogP contribution in [0.25, 0.3) is 0 Å². The normalized spacial score (nSPS) is 15.9. The van der Waals surface area contributed by atoms with Crippen molar-refractivity contribution < 1.29 is 10.1 Å². The maximum absolute atomic E-state index is 12.9. The Bertz CT molecular complexity index is 872. The Morgan fingerprint density at radius 3 is 2.31 bits per heavy atom. The predicted octanol–water partition coefficient (Wildman–Crippen LogP) is 3.88. The number of amides is 1. The fourth-order valence-corrected chi connectivity index (χ4v) is 5.08. The zero-order valence-corrected chi connectivity index (χ0v) is 17.6. The van der Waals surface area contributed by atoms with Gasteiger partial charge in [0, 0.05) is 18.7 Å². The van der Waals surface area contributed by atoms with Crippen molar-refractivity contribution in [2.45, 2.75) is 25.3 Å². The Morgan fingerprint density at radius 2 is 1.66 bits per heavy atom. The summed E-state index contributed by atoms with van der Waals surface area (Å²) in [6, 6.07) is 25.6. The van der Waals surface area contributed by atoms with Crippen LogP contribution in [0.15, 0.2) is 78.2 Å². The summed E-state index contributed by atoms with van der Waals surface area (Å²) in [6.07, 6.45) is 3.34. The molecule has 1 aliphatic rings. The number of carbonyl (C=O) groups is 1. The third-order valence-corrected chi connectivity index (χ3v) is 6.83. The lowest BCUT2D eigenvalue weighted by molar-refractivity contribution is -0.676. The summed E-state index contributed by atoms with van der Waals surface area (Å²) in [7, 11) is 0. The summed E-state index contributed by atoms with van der Waals surface area (Å²) < 4.78 is 0. The van der Waals surface area contributed by atoms with Crippen molar-refractivity contribution in [1.29, 1.82) is 0 Å². The molecule has 1 saturated heterocycles. The second kappa shape index (κ2) is 9.86. The van der Waals surface area contributed by atoms with Crippen LogP contribution in [0.4, 0.5) is 0 Å². The Hall–Kier alpha value is -2.43. The van der Waals surface area contributed by atoms with Crippen LogP contribution >= 0.6 is 11.3 Å². The molecule has 2 heterocycles. The molecule has 2 aromatic carbocycles. The van der Waals surface area contributed by atoms with E-state index in [4.69, 9.17) is 0 Å². The lowest BCUT2D eigenvalue weighted by Gasteiger charge is -2.32. The van der Waals surface area contributed by atoms with Gasteiger partial charge in [0.15, 0.2) is 6.54 Å². The van der Waals surface area contributed by atoms with Gasteiger partial charge < -0.3 is 10.2 Å². The number of thiophene rings is 1. The molecule has 4 rings (SSSR count). The quantitative estimate of drug-likeness (QED) is 0.636. The van der Waals surface area contributed by atoms with Crippen molar-refractivity contribution in [3.63, 3.8) is 0 Å². The molecule has 3 nitrogen and oxygen atoms in total. The van der Waals surface area contributed by atoms with E-state index in [-0.39, 0.29) is 11.9 Å². The van der Waals surface area contributed by atoms with E-state index in [0.29, 0.717) is 12.5 Å². The van der Waals surface area contributed by atoms with E-state index >= 15 is 0 Å². The topological polar surface area (TPSA) is 36.9 Å². The first-order valence-corrected chi connectivity index (χ1v) is 11.4. The number of piperidine rings is 1. The van der Waals surface area contributed by atoms with Gasteiger partial charge in [0.25, 0.3) is 5.91 Å².